The monoisotopic (exact) mass is 290 g/mol. The van der Waals surface area contributed by atoms with Crippen molar-refractivity contribution in [3.05, 3.63) is 58.1 Å². The van der Waals surface area contributed by atoms with Gasteiger partial charge in [0.2, 0.25) is 0 Å². The summed E-state index contributed by atoms with van der Waals surface area (Å²) >= 11 is 6.08. The molecule has 0 aliphatic carbocycles. The average Bonchev–Trinajstić information content (AvgIpc) is 2.41. The summed E-state index contributed by atoms with van der Waals surface area (Å²) in [5, 5.41) is 11.9. The first kappa shape index (κ1) is 14.2. The smallest absolute Gasteiger partial charge is 0.171 e. The van der Waals surface area contributed by atoms with E-state index in [1.54, 1.807) is 18.2 Å². The van der Waals surface area contributed by atoms with Crippen LogP contribution < -0.4 is 10.5 Å². The van der Waals surface area contributed by atoms with Crippen molar-refractivity contribution in [2.45, 2.75) is 13.8 Å². The molecule has 20 heavy (non-hydrogen) atoms. The molecule has 0 spiro atoms. The zero-order valence-electron chi connectivity index (χ0n) is 11.2. The summed E-state index contributed by atoms with van der Waals surface area (Å²) in [5.41, 5.74) is 8.19. The lowest BCUT2D eigenvalue weighted by molar-refractivity contribution is 0.318. The van der Waals surface area contributed by atoms with Crippen LogP contribution in [0.4, 0.5) is 0 Å². The zero-order chi connectivity index (χ0) is 14.7. The van der Waals surface area contributed by atoms with E-state index in [1.165, 1.54) is 5.56 Å². The second-order valence-electron chi connectivity index (χ2n) is 4.50. The fourth-order valence-corrected chi connectivity index (χ4v) is 2.13. The number of aryl methyl sites for hydroxylation is 2. The van der Waals surface area contributed by atoms with Crippen LogP contribution in [0.5, 0.6) is 11.5 Å². The number of nitrogens with zero attached hydrogens (tertiary/aromatic N) is 1. The Bertz CT molecular complexity index is 669. The van der Waals surface area contributed by atoms with E-state index in [2.05, 4.69) is 5.16 Å². The van der Waals surface area contributed by atoms with Gasteiger partial charge in [-0.15, -0.1) is 0 Å². The van der Waals surface area contributed by atoms with Gasteiger partial charge in [0.1, 0.15) is 11.5 Å². The first-order valence-corrected chi connectivity index (χ1v) is 6.41. The van der Waals surface area contributed by atoms with E-state index in [-0.39, 0.29) is 5.84 Å². The van der Waals surface area contributed by atoms with Gasteiger partial charge in [-0.1, -0.05) is 34.5 Å². The fraction of sp³-hybridized carbons (Fsp3) is 0.133. The number of nitrogens with two attached hydrogens (primary N) is 1. The van der Waals surface area contributed by atoms with Crippen molar-refractivity contribution < 1.29 is 9.94 Å². The van der Waals surface area contributed by atoms with Gasteiger partial charge in [-0.2, -0.15) is 0 Å². The molecule has 0 aliphatic heterocycles. The first-order valence-electron chi connectivity index (χ1n) is 6.04. The van der Waals surface area contributed by atoms with Gasteiger partial charge in [-0.25, -0.2) is 0 Å². The Hall–Kier alpha value is -2.20. The van der Waals surface area contributed by atoms with Gasteiger partial charge in [0, 0.05) is 11.6 Å². The predicted octanol–water partition coefficient (Wildman–Crippen LogP) is 3.84. The third-order valence-corrected chi connectivity index (χ3v) is 3.20. The van der Waals surface area contributed by atoms with Gasteiger partial charge in [0.15, 0.2) is 5.84 Å². The van der Waals surface area contributed by atoms with Crippen LogP contribution in [-0.4, -0.2) is 11.0 Å². The first-order chi connectivity index (χ1) is 9.51. The molecule has 0 heterocycles. The van der Waals surface area contributed by atoms with Crippen molar-refractivity contribution in [1.82, 2.24) is 0 Å². The molecule has 0 bridgehead atoms. The highest BCUT2D eigenvalue weighted by atomic mass is 35.5. The highest BCUT2D eigenvalue weighted by Crippen LogP contribution is 2.29. The van der Waals surface area contributed by atoms with Crippen LogP contribution in [0.3, 0.4) is 0 Å². The van der Waals surface area contributed by atoms with Gasteiger partial charge in [-0.05, 0) is 37.6 Å². The van der Waals surface area contributed by atoms with E-state index in [0.29, 0.717) is 16.3 Å². The second kappa shape index (κ2) is 5.84. The number of hydrogen-bond acceptors (Lipinski definition) is 3. The molecule has 4 nitrogen and oxygen atoms in total. The molecule has 5 heteroatoms. The summed E-state index contributed by atoms with van der Waals surface area (Å²) in [4.78, 5) is 0. The summed E-state index contributed by atoms with van der Waals surface area (Å²) in [5.74, 6) is 1.33. The van der Waals surface area contributed by atoms with Gasteiger partial charge >= 0.3 is 0 Å². The van der Waals surface area contributed by atoms with Crippen LogP contribution in [0.1, 0.15) is 16.7 Å². The summed E-state index contributed by atoms with van der Waals surface area (Å²) < 4.78 is 5.79. The van der Waals surface area contributed by atoms with Crippen molar-refractivity contribution in [2.24, 2.45) is 10.9 Å². The quantitative estimate of drug-likeness (QED) is 0.390. The van der Waals surface area contributed by atoms with E-state index in [0.717, 1.165) is 11.3 Å². The van der Waals surface area contributed by atoms with Crippen LogP contribution in [0, 0.1) is 13.8 Å². The molecule has 0 aromatic heterocycles. The van der Waals surface area contributed by atoms with Crippen molar-refractivity contribution >= 4 is 17.4 Å². The molecule has 3 N–H and O–H groups in total. The SMILES string of the molecule is Cc1ccc(Oc2ccc(C(N)=NO)c(Cl)c2)c(C)c1. The van der Waals surface area contributed by atoms with Crippen LogP contribution in [0.25, 0.3) is 0 Å². The molecule has 0 fully saturated rings. The standard InChI is InChI=1S/C15H15ClN2O2/c1-9-3-6-14(10(2)7-9)20-11-4-5-12(13(16)8-11)15(17)18-19/h3-8,19H,1-2H3,(H2,17,18). The molecule has 2 aromatic rings. The minimum Gasteiger partial charge on any atom is -0.457 e. The third-order valence-electron chi connectivity index (χ3n) is 2.88. The zero-order valence-corrected chi connectivity index (χ0v) is 12.0. The number of hydrogen-bond donors (Lipinski definition) is 2. The lowest BCUT2D eigenvalue weighted by atomic mass is 10.1. The van der Waals surface area contributed by atoms with Gasteiger partial charge in [-0.3, -0.25) is 0 Å². The number of oxime groups is 1. The van der Waals surface area contributed by atoms with Crippen LogP contribution in [0.2, 0.25) is 5.02 Å². The molecule has 2 rings (SSSR count). The highest BCUT2D eigenvalue weighted by molar-refractivity contribution is 6.34. The Morgan fingerprint density at radius 2 is 1.95 bits per heavy atom. The summed E-state index contributed by atoms with van der Waals surface area (Å²) in [6, 6.07) is 10.9. The van der Waals surface area contributed by atoms with E-state index in [4.69, 9.17) is 27.3 Å². The Balaban J connectivity index is 2.29. The highest BCUT2D eigenvalue weighted by Gasteiger charge is 2.08. The van der Waals surface area contributed by atoms with Crippen molar-refractivity contribution in [1.29, 1.82) is 0 Å². The molecule has 0 unspecified atom stereocenters. The molecular weight excluding hydrogens is 276 g/mol. The van der Waals surface area contributed by atoms with E-state index < -0.39 is 0 Å². The van der Waals surface area contributed by atoms with Crippen LogP contribution in [0.15, 0.2) is 41.6 Å². The Kier molecular flexibility index (Phi) is 4.15. The normalized spacial score (nSPS) is 11.4. The topological polar surface area (TPSA) is 67.8 Å². The van der Waals surface area contributed by atoms with E-state index in [1.807, 2.05) is 32.0 Å². The maximum atomic E-state index is 8.65. The van der Waals surface area contributed by atoms with Gasteiger partial charge in [0.25, 0.3) is 0 Å². The lowest BCUT2D eigenvalue weighted by Crippen LogP contribution is -2.13. The fourth-order valence-electron chi connectivity index (χ4n) is 1.86. The van der Waals surface area contributed by atoms with Crippen LogP contribution >= 0.6 is 11.6 Å². The molecule has 0 aliphatic rings. The lowest BCUT2D eigenvalue weighted by Gasteiger charge is -2.11. The third kappa shape index (κ3) is 3.03. The predicted molar refractivity (Wildman–Crippen MR) is 80.0 cm³/mol. The number of halogens is 1. The van der Waals surface area contributed by atoms with Gasteiger partial charge in [0.05, 0.1) is 5.02 Å². The largest absolute Gasteiger partial charge is 0.457 e. The minimum atomic E-state index is -0.0342. The molecule has 104 valence electrons. The van der Waals surface area contributed by atoms with E-state index >= 15 is 0 Å². The Morgan fingerprint density at radius 3 is 2.55 bits per heavy atom. The molecule has 0 amide bonds. The van der Waals surface area contributed by atoms with Crippen molar-refractivity contribution in [3.8, 4) is 11.5 Å². The Labute approximate surface area is 122 Å². The molecular formula is C15H15ClN2O2. The minimum absolute atomic E-state index is 0.0342. The second-order valence-corrected chi connectivity index (χ2v) is 4.91. The summed E-state index contributed by atoms with van der Waals surface area (Å²) in [7, 11) is 0. The number of rotatable bonds is 3. The van der Waals surface area contributed by atoms with Crippen molar-refractivity contribution in [3.63, 3.8) is 0 Å². The number of benzene rings is 2. The molecule has 2 aromatic carbocycles. The summed E-state index contributed by atoms with van der Waals surface area (Å²) in [6.07, 6.45) is 0. The van der Waals surface area contributed by atoms with Crippen molar-refractivity contribution in [2.75, 3.05) is 0 Å². The average molecular weight is 291 g/mol. The maximum Gasteiger partial charge on any atom is 0.171 e. The van der Waals surface area contributed by atoms with Crippen LogP contribution in [-0.2, 0) is 0 Å². The summed E-state index contributed by atoms with van der Waals surface area (Å²) in [6.45, 7) is 4.01. The molecule has 0 radical (unpaired) electrons. The molecule has 0 atom stereocenters. The molecule has 0 saturated carbocycles. The van der Waals surface area contributed by atoms with E-state index in [9.17, 15) is 0 Å². The number of ether oxygens (including phenoxy) is 1. The Morgan fingerprint density at radius 1 is 1.20 bits per heavy atom. The number of amidine groups is 1. The maximum absolute atomic E-state index is 8.65. The molecule has 0 saturated heterocycles. The van der Waals surface area contributed by atoms with Gasteiger partial charge < -0.3 is 15.7 Å².